The zero-order valence-corrected chi connectivity index (χ0v) is 30.4. The van der Waals surface area contributed by atoms with Crippen LogP contribution in [0.25, 0.3) is 65.3 Å². The molecule has 2 nitrogen and oxygen atoms in total. The van der Waals surface area contributed by atoms with Crippen molar-refractivity contribution < 1.29 is 0 Å². The van der Waals surface area contributed by atoms with Crippen molar-refractivity contribution in [3.8, 4) is 22.3 Å². The highest BCUT2D eigenvalue weighted by atomic mass is 15.1. The topological polar surface area (TPSA) is 15.3 Å². The van der Waals surface area contributed by atoms with E-state index >= 15 is 0 Å². The Morgan fingerprint density at radius 2 is 1.09 bits per heavy atom. The molecule has 54 heavy (non-hydrogen) atoms. The van der Waals surface area contributed by atoms with Gasteiger partial charge in [0.1, 0.15) is 0 Å². The molecule has 0 fully saturated rings. The predicted octanol–water partition coefficient (Wildman–Crippen LogP) is 13.8. The van der Waals surface area contributed by atoms with Gasteiger partial charge in [0.25, 0.3) is 0 Å². The monoisotopic (exact) mass is 694 g/mol. The Labute approximate surface area is 317 Å². The third-order valence-corrected chi connectivity index (χ3v) is 11.5. The molecule has 0 saturated carbocycles. The highest BCUT2D eigenvalue weighted by molar-refractivity contribution is 6.26. The van der Waals surface area contributed by atoms with Crippen molar-refractivity contribution in [3.05, 3.63) is 187 Å². The van der Waals surface area contributed by atoms with Crippen molar-refractivity contribution in [1.29, 1.82) is 0 Å². The lowest BCUT2D eigenvalue weighted by molar-refractivity contribution is 0.767. The zero-order valence-electron chi connectivity index (χ0n) is 30.4. The third kappa shape index (κ3) is 5.76. The van der Waals surface area contributed by atoms with Gasteiger partial charge < -0.3 is 10.2 Å². The fourth-order valence-electron chi connectivity index (χ4n) is 8.93. The molecule has 0 aliphatic carbocycles. The van der Waals surface area contributed by atoms with Gasteiger partial charge in [-0.2, -0.15) is 0 Å². The van der Waals surface area contributed by atoms with Gasteiger partial charge >= 0.3 is 0 Å². The molecule has 1 aliphatic heterocycles. The molecular weight excluding hydrogens is 653 g/mol. The van der Waals surface area contributed by atoms with Gasteiger partial charge in [0.2, 0.25) is 0 Å². The molecule has 0 atom stereocenters. The van der Waals surface area contributed by atoms with Crippen LogP contribution in [0.5, 0.6) is 0 Å². The highest BCUT2D eigenvalue weighted by Gasteiger charge is 2.23. The second-order valence-corrected chi connectivity index (χ2v) is 14.7. The van der Waals surface area contributed by atoms with E-state index < -0.39 is 0 Å². The van der Waals surface area contributed by atoms with Crippen LogP contribution >= 0.6 is 0 Å². The molecule has 1 heterocycles. The number of nitrogens with zero attached hydrogens (tertiary/aromatic N) is 1. The Hall–Kier alpha value is -6.38. The quantitative estimate of drug-likeness (QED) is 0.126. The first-order valence-electron chi connectivity index (χ1n) is 19.4. The van der Waals surface area contributed by atoms with Crippen LogP contribution in [0.1, 0.15) is 24.0 Å². The zero-order chi connectivity index (χ0) is 35.8. The van der Waals surface area contributed by atoms with Gasteiger partial charge in [-0.3, -0.25) is 0 Å². The molecule has 1 N–H and O–H groups in total. The molecule has 10 rings (SSSR count). The fraction of sp³-hybridized carbons (Fsp3) is 0.115. The Kier molecular flexibility index (Phi) is 8.30. The summed E-state index contributed by atoms with van der Waals surface area (Å²) in [7, 11) is 0. The summed E-state index contributed by atoms with van der Waals surface area (Å²) >= 11 is 0. The van der Waals surface area contributed by atoms with Crippen LogP contribution in [-0.2, 0) is 12.8 Å². The van der Waals surface area contributed by atoms with Crippen molar-refractivity contribution in [2.24, 2.45) is 0 Å². The van der Waals surface area contributed by atoms with E-state index in [-0.39, 0.29) is 0 Å². The van der Waals surface area contributed by atoms with E-state index in [1.165, 1.54) is 87.8 Å². The average Bonchev–Trinajstić information content (AvgIpc) is 3.24. The minimum absolute atomic E-state index is 0.911. The molecule has 9 aromatic rings. The summed E-state index contributed by atoms with van der Waals surface area (Å²) in [5, 5.41) is 14.0. The molecule has 2 heteroatoms. The van der Waals surface area contributed by atoms with Crippen molar-refractivity contribution in [2.45, 2.75) is 25.7 Å². The average molecular weight is 695 g/mol. The van der Waals surface area contributed by atoms with Gasteiger partial charge in [0.05, 0.1) is 0 Å². The Morgan fingerprint density at radius 1 is 0.481 bits per heavy atom. The molecule has 9 aromatic carbocycles. The molecule has 0 spiro atoms. The maximum Gasteiger partial charge on any atom is 0.0443 e. The number of para-hydroxylation sites is 1. The normalized spacial score (nSPS) is 12.8. The Bertz CT molecular complexity index is 2810. The molecule has 0 bridgehead atoms. The van der Waals surface area contributed by atoms with Crippen LogP contribution in [0.4, 0.5) is 17.1 Å². The molecular formula is C52H42N2. The van der Waals surface area contributed by atoms with Gasteiger partial charge in [-0.05, 0) is 132 Å². The van der Waals surface area contributed by atoms with Gasteiger partial charge in [-0.1, -0.05) is 146 Å². The Morgan fingerprint density at radius 3 is 1.83 bits per heavy atom. The number of fused-ring (bicyclic) bond motifs is 5. The van der Waals surface area contributed by atoms with Crippen molar-refractivity contribution in [3.63, 3.8) is 0 Å². The van der Waals surface area contributed by atoms with E-state index in [0.717, 1.165) is 44.5 Å². The van der Waals surface area contributed by atoms with Crippen molar-refractivity contribution in [2.75, 3.05) is 23.3 Å². The maximum atomic E-state index is 3.81. The van der Waals surface area contributed by atoms with E-state index in [1.54, 1.807) is 0 Å². The standard InChI is InChI=1S/C52H42N2/c1-2-14-36(15-3-1)16-12-32-53-40-28-30-46-48(34-40)51(44-25-10-20-37-17-4-7-23-42(37)44)47-31-29-41(54-33-13-22-39-19-6-9-27-50(39)54)35-49(47)52(46)45-26-11-21-38-18-5-8-24-43(38)45/h1-11,14-15,17-21,23-31,34-35,53H,12-13,16,22,32-33H2. The number of benzene rings is 9. The van der Waals surface area contributed by atoms with E-state index in [4.69, 9.17) is 0 Å². The van der Waals surface area contributed by atoms with E-state index in [9.17, 15) is 0 Å². The number of hydrogen-bond donors (Lipinski definition) is 1. The first kappa shape index (κ1) is 32.3. The summed E-state index contributed by atoms with van der Waals surface area (Å²) in [4.78, 5) is 2.54. The molecule has 0 radical (unpaired) electrons. The van der Waals surface area contributed by atoms with Crippen LogP contribution in [0.15, 0.2) is 176 Å². The summed E-state index contributed by atoms with van der Waals surface area (Å²) in [5.41, 5.74) is 11.7. The lowest BCUT2D eigenvalue weighted by atomic mass is 9.83. The predicted molar refractivity (Wildman–Crippen MR) is 232 cm³/mol. The number of anilines is 3. The van der Waals surface area contributed by atoms with Crippen molar-refractivity contribution >= 4 is 60.2 Å². The largest absolute Gasteiger partial charge is 0.385 e. The fourth-order valence-corrected chi connectivity index (χ4v) is 8.93. The number of hydrogen-bond acceptors (Lipinski definition) is 2. The molecule has 0 unspecified atom stereocenters. The summed E-state index contributed by atoms with van der Waals surface area (Å²) in [6.45, 7) is 1.92. The summed E-state index contributed by atoms with van der Waals surface area (Å²) < 4.78 is 0. The minimum atomic E-state index is 0.911. The van der Waals surface area contributed by atoms with Gasteiger partial charge in [-0.15, -0.1) is 0 Å². The minimum Gasteiger partial charge on any atom is -0.385 e. The SMILES string of the molecule is c1ccc(CCCNc2ccc3c(-c4cccc5ccccc45)c4cc(N5CCCc6ccccc65)ccc4c(-c4cccc5ccccc45)c3c2)cc1. The number of nitrogens with one attached hydrogen (secondary N) is 1. The number of aryl methyl sites for hydroxylation is 2. The smallest absolute Gasteiger partial charge is 0.0443 e. The second-order valence-electron chi connectivity index (χ2n) is 14.7. The van der Waals surface area contributed by atoms with E-state index in [0.29, 0.717) is 0 Å². The lowest BCUT2D eigenvalue weighted by Crippen LogP contribution is -2.24. The van der Waals surface area contributed by atoms with E-state index in [1.807, 2.05) is 0 Å². The van der Waals surface area contributed by atoms with Crippen LogP contribution < -0.4 is 10.2 Å². The van der Waals surface area contributed by atoms with Gasteiger partial charge in [-0.25, -0.2) is 0 Å². The molecule has 0 aromatic heterocycles. The van der Waals surface area contributed by atoms with E-state index in [2.05, 4.69) is 186 Å². The van der Waals surface area contributed by atoms with Crippen LogP contribution in [0.3, 0.4) is 0 Å². The summed E-state index contributed by atoms with van der Waals surface area (Å²) in [5.74, 6) is 0. The summed E-state index contributed by atoms with van der Waals surface area (Å²) in [6.07, 6.45) is 4.40. The highest BCUT2D eigenvalue weighted by Crippen LogP contribution is 2.48. The van der Waals surface area contributed by atoms with Gasteiger partial charge in [0.15, 0.2) is 0 Å². The molecule has 1 aliphatic rings. The third-order valence-electron chi connectivity index (χ3n) is 11.5. The first-order valence-corrected chi connectivity index (χ1v) is 19.4. The van der Waals surface area contributed by atoms with Crippen molar-refractivity contribution in [1.82, 2.24) is 0 Å². The Balaban J connectivity index is 1.24. The van der Waals surface area contributed by atoms with Crippen LogP contribution in [0.2, 0.25) is 0 Å². The van der Waals surface area contributed by atoms with Crippen LogP contribution in [-0.4, -0.2) is 13.1 Å². The second kappa shape index (κ2) is 13.9. The maximum absolute atomic E-state index is 3.81. The molecule has 0 amide bonds. The lowest BCUT2D eigenvalue weighted by Gasteiger charge is -2.32. The van der Waals surface area contributed by atoms with Gasteiger partial charge in [0, 0.05) is 30.2 Å². The first-order chi connectivity index (χ1) is 26.8. The molecule has 0 saturated heterocycles. The summed E-state index contributed by atoms with van der Waals surface area (Å²) in [6, 6.07) is 65.3. The van der Waals surface area contributed by atoms with Crippen LogP contribution in [0, 0.1) is 0 Å². The molecule has 260 valence electrons. The number of rotatable bonds is 8.